The molecule has 0 aliphatic heterocycles. The average molecular weight is 276 g/mol. The standard InChI is InChI=1S/C16H24N2O2/c1-4-16(2,17)15(19)18-14(11-5-6-11)12-7-9-13(20-3)10-8-12/h7-11,14H,4-6,17H2,1-3H3,(H,18,19). The number of rotatable bonds is 6. The van der Waals surface area contributed by atoms with Crippen LogP contribution in [-0.4, -0.2) is 18.6 Å². The number of ether oxygens (including phenoxy) is 1. The Balaban J connectivity index is 2.13. The fourth-order valence-corrected chi connectivity index (χ4v) is 2.18. The van der Waals surface area contributed by atoms with Crippen molar-refractivity contribution in [2.45, 2.75) is 44.7 Å². The third kappa shape index (κ3) is 3.31. The van der Waals surface area contributed by atoms with E-state index in [4.69, 9.17) is 10.5 Å². The number of benzene rings is 1. The molecule has 0 aromatic heterocycles. The molecule has 4 nitrogen and oxygen atoms in total. The first-order chi connectivity index (χ1) is 9.47. The first-order valence-electron chi connectivity index (χ1n) is 7.21. The van der Waals surface area contributed by atoms with Gasteiger partial charge >= 0.3 is 0 Å². The normalized spacial score (nSPS) is 19.0. The third-order valence-corrected chi connectivity index (χ3v) is 4.11. The number of carbonyl (C=O) groups is 1. The van der Waals surface area contributed by atoms with Crippen LogP contribution in [0.25, 0.3) is 0 Å². The highest BCUT2D eigenvalue weighted by molar-refractivity contribution is 5.85. The largest absolute Gasteiger partial charge is 0.497 e. The van der Waals surface area contributed by atoms with Gasteiger partial charge in [0.25, 0.3) is 0 Å². The maximum Gasteiger partial charge on any atom is 0.240 e. The van der Waals surface area contributed by atoms with Gasteiger partial charge in [0.05, 0.1) is 18.7 Å². The Morgan fingerprint density at radius 1 is 1.45 bits per heavy atom. The Bertz CT molecular complexity index is 464. The highest BCUT2D eigenvalue weighted by Crippen LogP contribution is 2.41. The molecule has 0 spiro atoms. The molecule has 3 N–H and O–H groups in total. The Kier molecular flexibility index (Phi) is 4.33. The van der Waals surface area contributed by atoms with E-state index in [-0.39, 0.29) is 11.9 Å². The van der Waals surface area contributed by atoms with Crippen LogP contribution in [0.3, 0.4) is 0 Å². The minimum Gasteiger partial charge on any atom is -0.497 e. The molecule has 0 heterocycles. The Labute approximate surface area is 120 Å². The van der Waals surface area contributed by atoms with Crippen LogP contribution in [0, 0.1) is 5.92 Å². The molecule has 1 aromatic rings. The highest BCUT2D eigenvalue weighted by Gasteiger charge is 2.36. The predicted octanol–water partition coefficient (Wildman–Crippen LogP) is 2.39. The smallest absolute Gasteiger partial charge is 0.240 e. The van der Waals surface area contributed by atoms with Crippen LogP contribution < -0.4 is 15.8 Å². The van der Waals surface area contributed by atoms with Gasteiger partial charge in [0.1, 0.15) is 5.75 Å². The fraction of sp³-hybridized carbons (Fsp3) is 0.562. The number of hydrogen-bond acceptors (Lipinski definition) is 3. The zero-order valence-electron chi connectivity index (χ0n) is 12.5. The van der Waals surface area contributed by atoms with Gasteiger partial charge in [-0.05, 0) is 49.8 Å². The average Bonchev–Trinajstić information content (AvgIpc) is 3.29. The summed E-state index contributed by atoms with van der Waals surface area (Å²) in [5, 5.41) is 3.12. The summed E-state index contributed by atoms with van der Waals surface area (Å²) in [7, 11) is 1.65. The molecule has 1 fully saturated rings. The molecule has 2 unspecified atom stereocenters. The van der Waals surface area contributed by atoms with Crippen molar-refractivity contribution >= 4 is 5.91 Å². The molecule has 110 valence electrons. The molecule has 1 saturated carbocycles. The van der Waals surface area contributed by atoms with Gasteiger partial charge in [-0.2, -0.15) is 0 Å². The lowest BCUT2D eigenvalue weighted by atomic mass is 9.96. The van der Waals surface area contributed by atoms with Crippen molar-refractivity contribution in [2.75, 3.05) is 7.11 Å². The molecule has 1 aliphatic carbocycles. The Hall–Kier alpha value is -1.55. The van der Waals surface area contributed by atoms with E-state index in [9.17, 15) is 4.79 Å². The summed E-state index contributed by atoms with van der Waals surface area (Å²) in [5.41, 5.74) is 6.33. The summed E-state index contributed by atoms with van der Waals surface area (Å²) in [5.74, 6) is 1.28. The van der Waals surface area contributed by atoms with Crippen LogP contribution in [0.1, 0.15) is 44.7 Å². The molecule has 1 aliphatic rings. The van der Waals surface area contributed by atoms with E-state index >= 15 is 0 Å². The van der Waals surface area contributed by atoms with Crippen molar-refractivity contribution in [3.63, 3.8) is 0 Å². The molecule has 2 rings (SSSR count). The molecule has 2 atom stereocenters. The number of methoxy groups -OCH3 is 1. The minimum atomic E-state index is -0.806. The van der Waals surface area contributed by atoms with Crippen LogP contribution in [0.5, 0.6) is 5.75 Å². The molecule has 0 radical (unpaired) electrons. The second kappa shape index (κ2) is 5.83. The summed E-state index contributed by atoms with van der Waals surface area (Å²) >= 11 is 0. The van der Waals surface area contributed by atoms with Crippen molar-refractivity contribution < 1.29 is 9.53 Å². The summed E-state index contributed by atoms with van der Waals surface area (Å²) in [6.45, 7) is 3.71. The van der Waals surface area contributed by atoms with E-state index in [0.717, 1.165) is 24.2 Å². The van der Waals surface area contributed by atoms with Gasteiger partial charge in [-0.25, -0.2) is 0 Å². The van der Waals surface area contributed by atoms with Crippen molar-refractivity contribution in [1.29, 1.82) is 0 Å². The zero-order chi connectivity index (χ0) is 14.8. The van der Waals surface area contributed by atoms with Gasteiger partial charge in [0.2, 0.25) is 5.91 Å². The van der Waals surface area contributed by atoms with Gasteiger partial charge in [-0.3, -0.25) is 4.79 Å². The van der Waals surface area contributed by atoms with Crippen LogP contribution in [0.2, 0.25) is 0 Å². The van der Waals surface area contributed by atoms with Gasteiger partial charge in [0.15, 0.2) is 0 Å². The van der Waals surface area contributed by atoms with Gasteiger partial charge in [-0.15, -0.1) is 0 Å². The van der Waals surface area contributed by atoms with Crippen LogP contribution in [0.15, 0.2) is 24.3 Å². The topological polar surface area (TPSA) is 64.4 Å². The number of nitrogens with one attached hydrogen (secondary N) is 1. The van der Waals surface area contributed by atoms with E-state index in [1.165, 1.54) is 0 Å². The fourth-order valence-electron chi connectivity index (χ4n) is 2.18. The van der Waals surface area contributed by atoms with Gasteiger partial charge in [-0.1, -0.05) is 19.1 Å². The second-order valence-corrected chi connectivity index (χ2v) is 5.83. The lowest BCUT2D eigenvalue weighted by molar-refractivity contribution is -0.126. The first-order valence-corrected chi connectivity index (χ1v) is 7.21. The van der Waals surface area contributed by atoms with Crippen molar-refractivity contribution in [3.8, 4) is 5.75 Å². The molecular weight excluding hydrogens is 252 g/mol. The predicted molar refractivity (Wildman–Crippen MR) is 79.5 cm³/mol. The maximum absolute atomic E-state index is 12.3. The first kappa shape index (κ1) is 14.9. The van der Waals surface area contributed by atoms with Gasteiger partial charge in [0, 0.05) is 0 Å². The zero-order valence-corrected chi connectivity index (χ0v) is 12.5. The van der Waals surface area contributed by atoms with Crippen LogP contribution >= 0.6 is 0 Å². The molecule has 0 saturated heterocycles. The summed E-state index contributed by atoms with van der Waals surface area (Å²) in [4.78, 5) is 12.3. The third-order valence-electron chi connectivity index (χ3n) is 4.11. The van der Waals surface area contributed by atoms with E-state index < -0.39 is 5.54 Å². The van der Waals surface area contributed by atoms with Crippen molar-refractivity contribution in [3.05, 3.63) is 29.8 Å². The number of amides is 1. The molecular formula is C16H24N2O2. The Morgan fingerprint density at radius 2 is 2.05 bits per heavy atom. The monoisotopic (exact) mass is 276 g/mol. The number of nitrogens with two attached hydrogens (primary N) is 1. The van der Waals surface area contributed by atoms with E-state index in [0.29, 0.717) is 12.3 Å². The number of hydrogen-bond donors (Lipinski definition) is 2. The SMILES string of the molecule is CCC(C)(N)C(=O)NC(c1ccc(OC)cc1)C1CC1. The minimum absolute atomic E-state index is 0.0582. The Morgan fingerprint density at radius 3 is 2.50 bits per heavy atom. The number of carbonyl (C=O) groups excluding carboxylic acids is 1. The highest BCUT2D eigenvalue weighted by atomic mass is 16.5. The van der Waals surface area contributed by atoms with Crippen molar-refractivity contribution in [1.82, 2.24) is 5.32 Å². The lowest BCUT2D eigenvalue weighted by Gasteiger charge is -2.26. The summed E-state index contributed by atoms with van der Waals surface area (Å²) in [6, 6.07) is 7.95. The molecule has 1 amide bonds. The quantitative estimate of drug-likeness (QED) is 0.838. The summed E-state index contributed by atoms with van der Waals surface area (Å²) in [6.07, 6.45) is 2.94. The molecule has 4 heteroatoms. The summed E-state index contributed by atoms with van der Waals surface area (Å²) < 4.78 is 5.17. The second-order valence-electron chi connectivity index (χ2n) is 5.83. The van der Waals surface area contributed by atoms with Crippen LogP contribution in [0.4, 0.5) is 0 Å². The van der Waals surface area contributed by atoms with E-state index in [2.05, 4.69) is 5.32 Å². The van der Waals surface area contributed by atoms with Crippen LogP contribution in [-0.2, 0) is 4.79 Å². The van der Waals surface area contributed by atoms with E-state index in [1.54, 1.807) is 14.0 Å². The maximum atomic E-state index is 12.3. The van der Waals surface area contributed by atoms with E-state index in [1.807, 2.05) is 31.2 Å². The van der Waals surface area contributed by atoms with Gasteiger partial charge < -0.3 is 15.8 Å². The molecule has 1 aromatic carbocycles. The molecule has 0 bridgehead atoms. The lowest BCUT2D eigenvalue weighted by Crippen LogP contribution is -2.52. The van der Waals surface area contributed by atoms with Crippen molar-refractivity contribution in [2.24, 2.45) is 11.7 Å². The molecule has 20 heavy (non-hydrogen) atoms.